The maximum absolute atomic E-state index is 11.0. The zero-order valence-electron chi connectivity index (χ0n) is 11.5. The first-order valence-corrected chi connectivity index (χ1v) is 6.43. The van der Waals surface area contributed by atoms with Crippen LogP contribution >= 0.6 is 0 Å². The number of carbonyl (C=O) groups is 1. The second-order valence-electron chi connectivity index (χ2n) is 6.21. The van der Waals surface area contributed by atoms with Gasteiger partial charge in [-0.1, -0.05) is 20.8 Å². The Hall–Kier alpha value is -1.39. The fourth-order valence-corrected chi connectivity index (χ4v) is 2.51. The summed E-state index contributed by atoms with van der Waals surface area (Å²) in [5.74, 6) is 1.10. The third-order valence-electron chi connectivity index (χ3n) is 3.61. The van der Waals surface area contributed by atoms with Crippen LogP contribution in [0.25, 0.3) is 0 Å². The van der Waals surface area contributed by atoms with Gasteiger partial charge < -0.3 is 5.11 Å². The maximum Gasteiger partial charge on any atom is 0.306 e. The first kappa shape index (κ1) is 13.1. The highest BCUT2D eigenvalue weighted by molar-refractivity contribution is 5.70. The van der Waals surface area contributed by atoms with Crippen molar-refractivity contribution in [2.75, 3.05) is 0 Å². The van der Waals surface area contributed by atoms with Crippen LogP contribution < -0.4 is 0 Å². The summed E-state index contributed by atoms with van der Waals surface area (Å²) in [5, 5.41) is 13.5. The topological polar surface area (TPSA) is 68.0 Å². The van der Waals surface area contributed by atoms with Crippen LogP contribution in [0, 0.1) is 5.92 Å². The first-order valence-electron chi connectivity index (χ1n) is 6.43. The molecule has 5 nitrogen and oxygen atoms in total. The van der Waals surface area contributed by atoms with Crippen LogP contribution in [0.5, 0.6) is 0 Å². The molecule has 0 bridgehead atoms. The summed E-state index contributed by atoms with van der Waals surface area (Å²) in [7, 11) is 1.89. The SMILES string of the molecule is Cn1nc(C(C)(C)C)nc1C1CCC(C(=O)O)C1. The highest BCUT2D eigenvalue weighted by Gasteiger charge is 2.34. The van der Waals surface area contributed by atoms with Crippen molar-refractivity contribution in [3.63, 3.8) is 0 Å². The molecule has 1 aromatic rings. The second kappa shape index (κ2) is 4.37. The number of rotatable bonds is 2. The quantitative estimate of drug-likeness (QED) is 0.873. The molecule has 1 heterocycles. The van der Waals surface area contributed by atoms with Crippen molar-refractivity contribution >= 4 is 5.97 Å². The smallest absolute Gasteiger partial charge is 0.306 e. The highest BCUT2D eigenvalue weighted by atomic mass is 16.4. The van der Waals surface area contributed by atoms with Crippen molar-refractivity contribution in [3.05, 3.63) is 11.6 Å². The lowest BCUT2D eigenvalue weighted by molar-refractivity contribution is -0.141. The van der Waals surface area contributed by atoms with Gasteiger partial charge in [0.05, 0.1) is 5.92 Å². The van der Waals surface area contributed by atoms with Crippen molar-refractivity contribution in [3.8, 4) is 0 Å². The van der Waals surface area contributed by atoms with Gasteiger partial charge in [0.1, 0.15) is 5.82 Å². The average Bonchev–Trinajstić information content (AvgIpc) is 2.81. The predicted molar refractivity (Wildman–Crippen MR) is 67.4 cm³/mol. The molecular formula is C13H21N3O2. The fraction of sp³-hybridized carbons (Fsp3) is 0.769. The summed E-state index contributed by atoms with van der Waals surface area (Å²) < 4.78 is 1.81. The number of carboxylic acids is 1. The Balaban J connectivity index is 2.20. The largest absolute Gasteiger partial charge is 0.481 e. The Labute approximate surface area is 107 Å². The van der Waals surface area contributed by atoms with E-state index in [0.29, 0.717) is 6.42 Å². The molecule has 100 valence electrons. The van der Waals surface area contributed by atoms with E-state index in [-0.39, 0.29) is 17.3 Å². The lowest BCUT2D eigenvalue weighted by atomic mass is 9.96. The maximum atomic E-state index is 11.0. The zero-order chi connectivity index (χ0) is 13.5. The molecule has 1 aliphatic rings. The molecule has 2 atom stereocenters. The number of hydrogen-bond donors (Lipinski definition) is 1. The van der Waals surface area contributed by atoms with E-state index in [2.05, 4.69) is 30.9 Å². The molecule has 0 aliphatic heterocycles. The lowest BCUT2D eigenvalue weighted by Crippen LogP contribution is -2.13. The van der Waals surface area contributed by atoms with Crippen LogP contribution in [0.15, 0.2) is 0 Å². The Bertz CT molecular complexity index is 459. The fourth-order valence-electron chi connectivity index (χ4n) is 2.51. The number of aliphatic carboxylic acids is 1. The van der Waals surface area contributed by atoms with Gasteiger partial charge in [-0.2, -0.15) is 5.10 Å². The number of hydrogen-bond acceptors (Lipinski definition) is 3. The van der Waals surface area contributed by atoms with Gasteiger partial charge >= 0.3 is 5.97 Å². The van der Waals surface area contributed by atoms with Crippen molar-refractivity contribution in [1.29, 1.82) is 0 Å². The van der Waals surface area contributed by atoms with E-state index in [1.807, 2.05) is 11.7 Å². The van der Waals surface area contributed by atoms with Crippen molar-refractivity contribution < 1.29 is 9.90 Å². The van der Waals surface area contributed by atoms with Crippen LogP contribution in [0.2, 0.25) is 0 Å². The van der Waals surface area contributed by atoms with Gasteiger partial charge in [-0.05, 0) is 19.3 Å². The predicted octanol–water partition coefficient (Wildman–Crippen LogP) is 2.08. The minimum atomic E-state index is -0.685. The molecule has 18 heavy (non-hydrogen) atoms. The summed E-state index contributed by atoms with van der Waals surface area (Å²) >= 11 is 0. The van der Waals surface area contributed by atoms with E-state index < -0.39 is 5.97 Å². The molecule has 0 radical (unpaired) electrons. The van der Waals surface area contributed by atoms with Crippen molar-refractivity contribution in [2.24, 2.45) is 13.0 Å². The molecule has 1 fully saturated rings. The number of nitrogens with zero attached hydrogens (tertiary/aromatic N) is 3. The molecule has 0 saturated heterocycles. The van der Waals surface area contributed by atoms with E-state index in [4.69, 9.17) is 5.11 Å². The van der Waals surface area contributed by atoms with Gasteiger partial charge in [-0.3, -0.25) is 9.48 Å². The van der Waals surface area contributed by atoms with Crippen LogP contribution in [0.3, 0.4) is 0 Å². The average molecular weight is 251 g/mol. The standard InChI is InChI=1S/C13H21N3O2/c1-13(2,3)12-14-10(16(4)15-12)8-5-6-9(7-8)11(17)18/h8-9H,5-7H2,1-4H3,(H,17,18). The minimum absolute atomic E-state index is 0.0686. The molecule has 1 N–H and O–H groups in total. The summed E-state index contributed by atoms with van der Waals surface area (Å²) in [4.78, 5) is 15.6. The Morgan fingerprint density at radius 2 is 2.06 bits per heavy atom. The van der Waals surface area contributed by atoms with Crippen LogP contribution in [0.1, 0.15) is 57.6 Å². The van der Waals surface area contributed by atoms with Crippen molar-refractivity contribution in [2.45, 2.75) is 51.4 Å². The molecule has 0 aromatic carbocycles. The van der Waals surface area contributed by atoms with Crippen LogP contribution in [0.4, 0.5) is 0 Å². The third-order valence-corrected chi connectivity index (χ3v) is 3.61. The number of aromatic nitrogens is 3. The van der Waals surface area contributed by atoms with Gasteiger partial charge in [0.25, 0.3) is 0 Å². The van der Waals surface area contributed by atoms with E-state index in [0.717, 1.165) is 24.5 Å². The van der Waals surface area contributed by atoms with E-state index in [9.17, 15) is 4.79 Å². The normalized spacial score (nSPS) is 24.4. The molecular weight excluding hydrogens is 230 g/mol. The highest BCUT2D eigenvalue weighted by Crippen LogP contribution is 2.37. The van der Waals surface area contributed by atoms with E-state index >= 15 is 0 Å². The van der Waals surface area contributed by atoms with Crippen LogP contribution in [-0.2, 0) is 17.3 Å². The summed E-state index contributed by atoms with van der Waals surface area (Å²) in [6.07, 6.45) is 2.33. The summed E-state index contributed by atoms with van der Waals surface area (Å²) in [5.41, 5.74) is -0.0686. The van der Waals surface area contributed by atoms with Crippen molar-refractivity contribution in [1.82, 2.24) is 14.8 Å². The minimum Gasteiger partial charge on any atom is -0.481 e. The molecule has 1 saturated carbocycles. The Morgan fingerprint density at radius 1 is 1.39 bits per heavy atom. The Morgan fingerprint density at radius 3 is 2.50 bits per heavy atom. The lowest BCUT2D eigenvalue weighted by Gasteiger charge is -2.12. The third kappa shape index (κ3) is 2.40. The van der Waals surface area contributed by atoms with Gasteiger partial charge in [-0.15, -0.1) is 0 Å². The van der Waals surface area contributed by atoms with E-state index in [1.54, 1.807) is 0 Å². The zero-order valence-corrected chi connectivity index (χ0v) is 11.5. The van der Waals surface area contributed by atoms with Gasteiger partial charge in [0, 0.05) is 18.4 Å². The Kier molecular flexibility index (Phi) is 3.17. The van der Waals surface area contributed by atoms with Gasteiger partial charge in [0.15, 0.2) is 5.82 Å². The molecule has 2 unspecified atom stereocenters. The molecule has 1 aliphatic carbocycles. The molecule has 1 aromatic heterocycles. The first-order chi connectivity index (χ1) is 8.29. The van der Waals surface area contributed by atoms with Gasteiger partial charge in [0.2, 0.25) is 0 Å². The molecule has 0 spiro atoms. The number of carboxylic acid groups (broad SMARTS) is 1. The second-order valence-corrected chi connectivity index (χ2v) is 6.21. The number of aryl methyl sites for hydroxylation is 1. The van der Waals surface area contributed by atoms with Crippen LogP contribution in [-0.4, -0.2) is 25.8 Å². The molecule has 2 rings (SSSR count). The van der Waals surface area contributed by atoms with E-state index in [1.165, 1.54) is 0 Å². The molecule has 5 heteroatoms. The van der Waals surface area contributed by atoms with Gasteiger partial charge in [-0.25, -0.2) is 4.98 Å². The summed E-state index contributed by atoms with van der Waals surface area (Å²) in [6, 6.07) is 0. The summed E-state index contributed by atoms with van der Waals surface area (Å²) in [6.45, 7) is 6.25. The monoisotopic (exact) mass is 251 g/mol. The molecule has 0 amide bonds.